The number of aryl methyl sites for hydroxylation is 1. The molecule has 1 aliphatic rings. The van der Waals surface area contributed by atoms with Gasteiger partial charge in [-0.15, -0.1) is 0 Å². The van der Waals surface area contributed by atoms with Crippen LogP contribution in [0.25, 0.3) is 0 Å². The summed E-state index contributed by atoms with van der Waals surface area (Å²) in [6, 6.07) is 11.4. The van der Waals surface area contributed by atoms with Crippen LogP contribution < -0.4 is 15.8 Å². The topological polar surface area (TPSA) is 64.3 Å². The van der Waals surface area contributed by atoms with Crippen LogP contribution in [0.1, 0.15) is 42.1 Å². The quantitative estimate of drug-likeness (QED) is 0.914. The Labute approximate surface area is 136 Å². The summed E-state index contributed by atoms with van der Waals surface area (Å²) in [6.07, 6.45) is 0. The molecule has 0 fully saturated rings. The number of carbonyl (C=O) groups is 1. The first-order valence-electron chi connectivity index (χ1n) is 7.71. The highest BCUT2D eigenvalue weighted by atomic mass is 16.5. The Bertz CT molecular complexity index is 781. The Kier molecular flexibility index (Phi) is 3.65. The second-order valence-electron chi connectivity index (χ2n) is 6.58. The highest BCUT2D eigenvalue weighted by molar-refractivity contribution is 6.06. The largest absolute Gasteiger partial charge is 0.496 e. The molecule has 1 atom stereocenters. The molecule has 0 bridgehead atoms. The second-order valence-corrected chi connectivity index (χ2v) is 6.58. The van der Waals surface area contributed by atoms with Crippen molar-refractivity contribution in [1.82, 2.24) is 0 Å². The van der Waals surface area contributed by atoms with E-state index in [4.69, 9.17) is 10.5 Å². The van der Waals surface area contributed by atoms with Crippen LogP contribution in [0.3, 0.4) is 0 Å². The minimum absolute atomic E-state index is 0.00609. The van der Waals surface area contributed by atoms with Crippen LogP contribution in [0.5, 0.6) is 5.75 Å². The lowest BCUT2D eigenvalue weighted by Crippen LogP contribution is -2.26. The van der Waals surface area contributed by atoms with Crippen LogP contribution in [0.4, 0.5) is 5.69 Å². The first-order valence-corrected chi connectivity index (χ1v) is 7.71. The van der Waals surface area contributed by atoms with E-state index in [2.05, 4.69) is 11.4 Å². The minimum atomic E-state index is -0.545. The lowest BCUT2D eigenvalue weighted by Gasteiger charge is -2.21. The van der Waals surface area contributed by atoms with Crippen LogP contribution >= 0.6 is 0 Å². The Morgan fingerprint density at radius 1 is 1.17 bits per heavy atom. The summed E-state index contributed by atoms with van der Waals surface area (Å²) in [6.45, 7) is 5.90. The molecule has 1 unspecified atom stereocenters. The molecule has 120 valence electrons. The van der Waals surface area contributed by atoms with Crippen molar-refractivity contribution < 1.29 is 9.53 Å². The number of hydrogen-bond donors (Lipinski definition) is 2. The van der Waals surface area contributed by atoms with Crippen LogP contribution in [0, 0.1) is 6.92 Å². The molecule has 3 rings (SSSR count). The normalized spacial score (nSPS) is 16.7. The van der Waals surface area contributed by atoms with E-state index in [1.165, 1.54) is 0 Å². The first-order chi connectivity index (χ1) is 10.9. The molecule has 0 aromatic heterocycles. The van der Waals surface area contributed by atoms with Crippen molar-refractivity contribution in [2.45, 2.75) is 32.2 Å². The third-order valence-corrected chi connectivity index (χ3v) is 4.60. The van der Waals surface area contributed by atoms with Crippen LogP contribution in [0.2, 0.25) is 0 Å². The molecule has 2 aromatic carbocycles. The molecule has 1 heterocycles. The lowest BCUT2D eigenvalue weighted by atomic mass is 9.83. The standard InChI is InChI=1S/C19H22N2O2/c1-11-9-13(16(20)12-7-5-6-8-15(12)23-4)17-14(10-11)19(2,3)18(22)21-17/h5-10,16H,20H2,1-4H3,(H,21,22). The van der Waals surface area contributed by atoms with E-state index in [1.807, 2.05) is 51.1 Å². The van der Waals surface area contributed by atoms with Crippen molar-refractivity contribution in [3.05, 3.63) is 58.7 Å². The number of benzene rings is 2. The highest BCUT2D eigenvalue weighted by Crippen LogP contribution is 2.43. The Hall–Kier alpha value is -2.33. The molecule has 4 heteroatoms. The van der Waals surface area contributed by atoms with Crippen molar-refractivity contribution in [3.63, 3.8) is 0 Å². The summed E-state index contributed by atoms with van der Waals surface area (Å²) in [5.74, 6) is 0.755. The number of anilines is 1. The van der Waals surface area contributed by atoms with Gasteiger partial charge in [0.15, 0.2) is 0 Å². The third-order valence-electron chi connectivity index (χ3n) is 4.60. The van der Waals surface area contributed by atoms with Crippen molar-refractivity contribution in [2.75, 3.05) is 12.4 Å². The van der Waals surface area contributed by atoms with Crippen molar-refractivity contribution in [1.29, 1.82) is 0 Å². The minimum Gasteiger partial charge on any atom is -0.496 e. The van der Waals surface area contributed by atoms with Crippen LogP contribution in [-0.4, -0.2) is 13.0 Å². The maximum absolute atomic E-state index is 12.3. The molecule has 4 nitrogen and oxygen atoms in total. The van der Waals surface area contributed by atoms with Gasteiger partial charge in [-0.1, -0.05) is 35.9 Å². The molecular formula is C19H22N2O2. The molecule has 0 saturated carbocycles. The zero-order chi connectivity index (χ0) is 16.8. The number of rotatable bonds is 3. The number of methoxy groups -OCH3 is 1. The molecule has 0 spiro atoms. The van der Waals surface area contributed by atoms with Crippen LogP contribution in [0.15, 0.2) is 36.4 Å². The number of ether oxygens (including phenoxy) is 1. The van der Waals surface area contributed by atoms with Gasteiger partial charge in [-0.3, -0.25) is 4.79 Å². The SMILES string of the molecule is COc1ccccc1C(N)c1cc(C)cc2c1NC(=O)C2(C)C. The fraction of sp³-hybridized carbons (Fsp3) is 0.316. The van der Waals surface area contributed by atoms with Gasteiger partial charge in [0.05, 0.1) is 24.3 Å². The number of nitrogens with one attached hydrogen (secondary N) is 1. The average molecular weight is 310 g/mol. The Morgan fingerprint density at radius 2 is 1.87 bits per heavy atom. The first kappa shape index (κ1) is 15.6. The molecule has 0 aliphatic carbocycles. The summed E-state index contributed by atoms with van der Waals surface area (Å²) in [7, 11) is 1.64. The van der Waals surface area contributed by atoms with Gasteiger partial charge in [0, 0.05) is 5.56 Å². The smallest absolute Gasteiger partial charge is 0.234 e. The number of para-hydroxylation sites is 1. The fourth-order valence-electron chi connectivity index (χ4n) is 3.18. The molecule has 1 aliphatic heterocycles. The van der Waals surface area contributed by atoms with E-state index in [0.29, 0.717) is 0 Å². The fourth-order valence-corrected chi connectivity index (χ4v) is 3.18. The predicted octanol–water partition coefficient (Wildman–Crippen LogP) is 3.28. The van der Waals surface area contributed by atoms with E-state index in [1.54, 1.807) is 7.11 Å². The van der Waals surface area contributed by atoms with Crippen molar-refractivity contribution >= 4 is 11.6 Å². The molecular weight excluding hydrogens is 288 g/mol. The summed E-state index contributed by atoms with van der Waals surface area (Å²) < 4.78 is 5.43. The van der Waals surface area contributed by atoms with Gasteiger partial charge < -0.3 is 15.8 Å². The van der Waals surface area contributed by atoms with Gasteiger partial charge in [0.25, 0.3) is 0 Å². The maximum Gasteiger partial charge on any atom is 0.234 e. The zero-order valence-corrected chi connectivity index (χ0v) is 13.9. The lowest BCUT2D eigenvalue weighted by molar-refractivity contribution is -0.119. The van der Waals surface area contributed by atoms with E-state index >= 15 is 0 Å². The summed E-state index contributed by atoms with van der Waals surface area (Å²) >= 11 is 0. The monoisotopic (exact) mass is 310 g/mol. The van der Waals surface area contributed by atoms with Gasteiger partial charge in [-0.2, -0.15) is 0 Å². The highest BCUT2D eigenvalue weighted by Gasteiger charge is 2.40. The number of carbonyl (C=O) groups excluding carboxylic acids is 1. The van der Waals surface area contributed by atoms with Crippen molar-refractivity contribution in [3.8, 4) is 5.75 Å². The Morgan fingerprint density at radius 3 is 2.57 bits per heavy atom. The van der Waals surface area contributed by atoms with Crippen LogP contribution in [-0.2, 0) is 10.2 Å². The number of fused-ring (bicyclic) bond motifs is 1. The molecule has 23 heavy (non-hydrogen) atoms. The summed E-state index contributed by atoms with van der Waals surface area (Å²) in [5.41, 5.74) is 10.7. The third kappa shape index (κ3) is 2.39. The summed E-state index contributed by atoms with van der Waals surface area (Å²) in [4.78, 5) is 12.3. The maximum atomic E-state index is 12.3. The number of amides is 1. The van der Waals surface area contributed by atoms with E-state index in [9.17, 15) is 4.79 Å². The average Bonchev–Trinajstić information content (AvgIpc) is 2.76. The molecule has 1 amide bonds. The second kappa shape index (κ2) is 5.39. The molecule has 0 saturated heterocycles. The number of nitrogens with two attached hydrogens (primary N) is 1. The van der Waals surface area contributed by atoms with Gasteiger partial charge in [0.1, 0.15) is 5.75 Å². The van der Waals surface area contributed by atoms with Crippen molar-refractivity contribution in [2.24, 2.45) is 5.73 Å². The predicted molar refractivity (Wildman–Crippen MR) is 91.9 cm³/mol. The van der Waals surface area contributed by atoms with Gasteiger partial charge >= 0.3 is 0 Å². The Balaban J connectivity index is 2.17. The van der Waals surface area contributed by atoms with Gasteiger partial charge in [0.2, 0.25) is 5.91 Å². The van der Waals surface area contributed by atoms with E-state index < -0.39 is 5.41 Å². The molecule has 0 radical (unpaired) electrons. The van der Waals surface area contributed by atoms with E-state index in [-0.39, 0.29) is 11.9 Å². The zero-order valence-electron chi connectivity index (χ0n) is 13.9. The number of hydrogen-bond acceptors (Lipinski definition) is 3. The van der Waals surface area contributed by atoms with E-state index in [0.717, 1.165) is 33.7 Å². The van der Waals surface area contributed by atoms with Gasteiger partial charge in [-0.05, 0) is 38.0 Å². The molecule has 2 aromatic rings. The van der Waals surface area contributed by atoms with Gasteiger partial charge in [-0.25, -0.2) is 0 Å². The summed E-state index contributed by atoms with van der Waals surface area (Å²) in [5, 5.41) is 3.01. The molecule has 3 N–H and O–H groups in total.